The van der Waals surface area contributed by atoms with Crippen molar-refractivity contribution in [2.75, 3.05) is 7.11 Å². The molecular weight excluding hydrogens is 122 g/mol. The Bertz CT molecular complexity index is 113. The first-order valence-electron chi connectivity index (χ1n) is 2.48. The number of ether oxygens (including phenoxy) is 1. The Morgan fingerprint density at radius 3 is 2.78 bits per heavy atom. The third-order valence-corrected chi connectivity index (χ3v) is 0.805. The van der Waals surface area contributed by atoms with Gasteiger partial charge >= 0.3 is 5.97 Å². The molecule has 4 heteroatoms. The topological polar surface area (TPSA) is 69.4 Å². The molecule has 2 N–H and O–H groups in total. The Balaban J connectivity index is 3.46. The number of hydrogen-bond donors (Lipinski definition) is 1. The van der Waals surface area contributed by atoms with Crippen molar-refractivity contribution in [1.82, 2.24) is 0 Å². The summed E-state index contributed by atoms with van der Waals surface area (Å²) in [5, 5.41) is 0. The molecule has 0 aliphatic heterocycles. The van der Waals surface area contributed by atoms with E-state index >= 15 is 0 Å². The third-order valence-electron chi connectivity index (χ3n) is 0.805. The Labute approximate surface area is 53.0 Å². The van der Waals surface area contributed by atoms with E-state index in [1.807, 2.05) is 0 Å². The van der Waals surface area contributed by atoms with E-state index in [-0.39, 0.29) is 6.42 Å². The predicted molar refractivity (Wildman–Crippen MR) is 30.7 cm³/mol. The number of rotatable bonds is 3. The van der Waals surface area contributed by atoms with Crippen LogP contribution >= 0.6 is 0 Å². The van der Waals surface area contributed by atoms with Crippen LogP contribution in [-0.4, -0.2) is 25.4 Å². The van der Waals surface area contributed by atoms with Crippen LogP contribution in [0.1, 0.15) is 6.42 Å². The molecule has 0 bridgehead atoms. The van der Waals surface area contributed by atoms with Crippen LogP contribution in [0.15, 0.2) is 0 Å². The Morgan fingerprint density at radius 1 is 1.89 bits per heavy atom. The van der Waals surface area contributed by atoms with Gasteiger partial charge in [-0.1, -0.05) is 0 Å². The number of methoxy groups -OCH3 is 1. The van der Waals surface area contributed by atoms with Gasteiger partial charge in [-0.15, -0.1) is 0 Å². The molecule has 0 saturated carbocycles. The van der Waals surface area contributed by atoms with Gasteiger partial charge in [-0.2, -0.15) is 0 Å². The fourth-order valence-corrected chi connectivity index (χ4v) is 0.324. The van der Waals surface area contributed by atoms with E-state index in [4.69, 9.17) is 5.73 Å². The van der Waals surface area contributed by atoms with Gasteiger partial charge in [-0.3, -0.25) is 4.79 Å². The van der Waals surface area contributed by atoms with Crippen LogP contribution in [0.3, 0.4) is 0 Å². The monoisotopic (exact) mass is 131 g/mol. The highest BCUT2D eigenvalue weighted by Crippen LogP contribution is 1.85. The molecule has 0 radical (unpaired) electrons. The number of hydrogen-bond acceptors (Lipinski definition) is 4. The van der Waals surface area contributed by atoms with Crippen molar-refractivity contribution in [3.8, 4) is 0 Å². The van der Waals surface area contributed by atoms with E-state index in [2.05, 4.69) is 4.74 Å². The van der Waals surface area contributed by atoms with Gasteiger partial charge in [0.15, 0.2) is 0 Å². The first-order chi connectivity index (χ1) is 4.20. The highest BCUT2D eigenvalue weighted by Gasteiger charge is 2.06. The van der Waals surface area contributed by atoms with Crippen LogP contribution < -0.4 is 5.73 Å². The van der Waals surface area contributed by atoms with Crippen molar-refractivity contribution in [1.29, 1.82) is 0 Å². The molecule has 0 aromatic rings. The van der Waals surface area contributed by atoms with Gasteiger partial charge in [0.25, 0.3) is 0 Å². The second-order valence-electron chi connectivity index (χ2n) is 1.58. The van der Waals surface area contributed by atoms with Gasteiger partial charge in [0.2, 0.25) is 0 Å². The smallest absolute Gasteiger partial charge is 0.307 e. The molecule has 0 saturated heterocycles. The SMILES string of the molecule is COC(=O)CC(N)C=O. The maximum atomic E-state index is 10.3. The molecule has 0 heterocycles. The predicted octanol–water partition coefficient (Wildman–Crippen LogP) is -0.924. The molecule has 0 amide bonds. The highest BCUT2D eigenvalue weighted by atomic mass is 16.5. The second kappa shape index (κ2) is 4.03. The molecule has 0 aliphatic carbocycles. The minimum absolute atomic E-state index is 0.0417. The van der Waals surface area contributed by atoms with Crippen LogP contribution in [-0.2, 0) is 14.3 Å². The van der Waals surface area contributed by atoms with Crippen LogP contribution in [0, 0.1) is 0 Å². The lowest BCUT2D eigenvalue weighted by Gasteiger charge is -1.99. The number of carbonyl (C=O) groups excluding carboxylic acids is 2. The Morgan fingerprint density at radius 2 is 2.44 bits per heavy atom. The minimum atomic E-state index is -0.725. The first-order valence-corrected chi connectivity index (χ1v) is 2.48. The molecule has 0 spiro atoms. The van der Waals surface area contributed by atoms with Crippen LogP contribution in [0.25, 0.3) is 0 Å². The molecule has 1 unspecified atom stereocenters. The second-order valence-corrected chi connectivity index (χ2v) is 1.58. The number of nitrogens with two attached hydrogens (primary N) is 1. The van der Waals surface area contributed by atoms with Crippen LogP contribution in [0.4, 0.5) is 0 Å². The average Bonchev–Trinajstić information content (AvgIpc) is 1.87. The molecule has 0 aromatic heterocycles. The van der Waals surface area contributed by atoms with Crippen molar-refractivity contribution in [3.05, 3.63) is 0 Å². The molecule has 52 valence electrons. The van der Waals surface area contributed by atoms with E-state index in [0.717, 1.165) is 0 Å². The highest BCUT2D eigenvalue weighted by molar-refractivity contribution is 5.75. The number of esters is 1. The molecule has 0 fully saturated rings. The van der Waals surface area contributed by atoms with Crippen molar-refractivity contribution < 1.29 is 14.3 Å². The van der Waals surface area contributed by atoms with Crippen molar-refractivity contribution in [2.45, 2.75) is 12.5 Å². The fraction of sp³-hybridized carbons (Fsp3) is 0.600. The third kappa shape index (κ3) is 3.66. The molecule has 0 aromatic carbocycles. The van der Waals surface area contributed by atoms with E-state index in [0.29, 0.717) is 6.29 Å². The molecule has 0 rings (SSSR count). The van der Waals surface area contributed by atoms with Gasteiger partial charge in [-0.05, 0) is 0 Å². The lowest BCUT2D eigenvalue weighted by Crippen LogP contribution is -2.25. The fourth-order valence-electron chi connectivity index (χ4n) is 0.324. The normalized spacial score (nSPS) is 12.2. The Kier molecular flexibility index (Phi) is 3.62. The summed E-state index contributed by atoms with van der Waals surface area (Å²) >= 11 is 0. The summed E-state index contributed by atoms with van der Waals surface area (Å²) in [5.74, 6) is -0.463. The molecular formula is C5H9NO3. The Hall–Kier alpha value is -0.900. The summed E-state index contributed by atoms with van der Waals surface area (Å²) in [5.41, 5.74) is 5.08. The van der Waals surface area contributed by atoms with Gasteiger partial charge < -0.3 is 15.3 Å². The summed E-state index contributed by atoms with van der Waals surface area (Å²) < 4.78 is 4.24. The summed E-state index contributed by atoms with van der Waals surface area (Å²) in [7, 11) is 1.25. The molecule has 9 heavy (non-hydrogen) atoms. The van der Waals surface area contributed by atoms with Gasteiger partial charge in [0.05, 0.1) is 19.6 Å². The van der Waals surface area contributed by atoms with Crippen LogP contribution in [0.5, 0.6) is 0 Å². The summed E-state index contributed by atoms with van der Waals surface area (Å²) in [6, 6.07) is -0.725. The summed E-state index contributed by atoms with van der Waals surface area (Å²) in [6.45, 7) is 0. The van der Waals surface area contributed by atoms with E-state index in [9.17, 15) is 9.59 Å². The van der Waals surface area contributed by atoms with E-state index in [1.165, 1.54) is 7.11 Å². The van der Waals surface area contributed by atoms with Gasteiger partial charge in [0, 0.05) is 0 Å². The molecule has 0 aliphatic rings. The average molecular weight is 131 g/mol. The maximum Gasteiger partial charge on any atom is 0.307 e. The molecule has 1 atom stereocenters. The maximum absolute atomic E-state index is 10.3. The zero-order valence-electron chi connectivity index (χ0n) is 5.16. The summed E-state index contributed by atoms with van der Waals surface area (Å²) in [4.78, 5) is 20.1. The lowest BCUT2D eigenvalue weighted by atomic mass is 10.2. The van der Waals surface area contributed by atoms with E-state index < -0.39 is 12.0 Å². The summed E-state index contributed by atoms with van der Waals surface area (Å²) in [6.07, 6.45) is 0.469. The first kappa shape index (κ1) is 8.10. The van der Waals surface area contributed by atoms with Gasteiger partial charge in [0.1, 0.15) is 6.29 Å². The quantitative estimate of drug-likeness (QED) is 0.397. The number of carbonyl (C=O) groups is 2. The van der Waals surface area contributed by atoms with Crippen LogP contribution in [0.2, 0.25) is 0 Å². The zero-order chi connectivity index (χ0) is 7.28. The van der Waals surface area contributed by atoms with Crippen molar-refractivity contribution in [3.63, 3.8) is 0 Å². The lowest BCUT2D eigenvalue weighted by molar-refractivity contribution is -0.141. The van der Waals surface area contributed by atoms with E-state index in [1.54, 1.807) is 0 Å². The van der Waals surface area contributed by atoms with Gasteiger partial charge in [-0.25, -0.2) is 0 Å². The minimum Gasteiger partial charge on any atom is -0.469 e. The largest absolute Gasteiger partial charge is 0.469 e. The molecule has 4 nitrogen and oxygen atoms in total. The van der Waals surface area contributed by atoms with Crippen molar-refractivity contribution >= 4 is 12.3 Å². The zero-order valence-corrected chi connectivity index (χ0v) is 5.16. The van der Waals surface area contributed by atoms with Crippen molar-refractivity contribution in [2.24, 2.45) is 5.73 Å². The standard InChI is InChI=1S/C5H9NO3/c1-9-5(8)2-4(6)3-7/h3-4H,2,6H2,1H3. The number of aldehydes is 1.